The van der Waals surface area contributed by atoms with Crippen molar-refractivity contribution in [2.24, 2.45) is 0 Å². The summed E-state index contributed by atoms with van der Waals surface area (Å²) < 4.78 is 10.6. The van der Waals surface area contributed by atoms with E-state index in [0.717, 1.165) is 0 Å². The molecule has 1 heterocycles. The van der Waals surface area contributed by atoms with E-state index in [-0.39, 0.29) is 24.7 Å². The molecule has 19 heavy (non-hydrogen) atoms. The number of amides is 1. The van der Waals surface area contributed by atoms with Gasteiger partial charge in [-0.05, 0) is 12.1 Å². The monoisotopic (exact) mass is 255 g/mol. The zero-order chi connectivity index (χ0) is 13.7. The highest BCUT2D eigenvalue weighted by molar-refractivity contribution is 5.87. The van der Waals surface area contributed by atoms with E-state index in [1.165, 1.54) is 0 Å². The standard InChI is InChI=1S/C13H9N3O3/c14-5-6-16-12(17)8-18-13-9-3-1-2-4-10(9)19-11(13)7-15/h1-4H,6,8H2,(H,16,17). The van der Waals surface area contributed by atoms with E-state index in [1.54, 1.807) is 30.3 Å². The normalized spacial score (nSPS) is 9.58. The van der Waals surface area contributed by atoms with Crippen molar-refractivity contribution in [1.29, 1.82) is 10.5 Å². The third-order valence-electron chi connectivity index (χ3n) is 2.36. The topological polar surface area (TPSA) is 99.0 Å². The summed E-state index contributed by atoms with van der Waals surface area (Å²) in [5.41, 5.74) is 0.520. The van der Waals surface area contributed by atoms with Crippen LogP contribution in [0.25, 0.3) is 11.0 Å². The number of para-hydroxylation sites is 1. The van der Waals surface area contributed by atoms with Gasteiger partial charge in [0.1, 0.15) is 18.2 Å². The van der Waals surface area contributed by atoms with Crippen LogP contribution >= 0.6 is 0 Å². The zero-order valence-corrected chi connectivity index (χ0v) is 9.84. The van der Waals surface area contributed by atoms with Gasteiger partial charge >= 0.3 is 0 Å². The molecule has 0 saturated carbocycles. The summed E-state index contributed by atoms with van der Waals surface area (Å²) >= 11 is 0. The predicted molar refractivity (Wildman–Crippen MR) is 65.0 cm³/mol. The van der Waals surface area contributed by atoms with Crippen molar-refractivity contribution in [2.45, 2.75) is 0 Å². The third kappa shape index (κ3) is 2.64. The number of nitrogens with one attached hydrogen (secondary N) is 1. The van der Waals surface area contributed by atoms with Crippen molar-refractivity contribution in [1.82, 2.24) is 5.32 Å². The summed E-state index contributed by atoms with van der Waals surface area (Å²) in [5.74, 6) is -0.171. The molecule has 0 aliphatic rings. The van der Waals surface area contributed by atoms with Gasteiger partial charge in [0.2, 0.25) is 5.76 Å². The lowest BCUT2D eigenvalue weighted by molar-refractivity contribution is -0.122. The molecule has 0 spiro atoms. The number of rotatable bonds is 4. The minimum absolute atomic E-state index is 0.0225. The molecule has 1 N–H and O–H groups in total. The minimum atomic E-state index is -0.435. The summed E-state index contributed by atoms with van der Waals surface area (Å²) in [6.45, 7) is -0.362. The van der Waals surface area contributed by atoms with Crippen LogP contribution in [0.1, 0.15) is 5.76 Å². The zero-order valence-electron chi connectivity index (χ0n) is 9.84. The summed E-state index contributed by atoms with van der Waals surface area (Å²) in [6.07, 6.45) is 0. The molecule has 1 aromatic heterocycles. The maximum absolute atomic E-state index is 11.3. The van der Waals surface area contributed by atoms with Crippen molar-refractivity contribution in [2.75, 3.05) is 13.2 Å². The van der Waals surface area contributed by atoms with Gasteiger partial charge in [-0.25, -0.2) is 0 Å². The van der Waals surface area contributed by atoms with Crippen molar-refractivity contribution in [3.63, 3.8) is 0 Å². The lowest BCUT2D eigenvalue weighted by Crippen LogP contribution is -2.29. The summed E-state index contributed by atoms with van der Waals surface area (Å²) in [7, 11) is 0. The Balaban J connectivity index is 2.18. The number of nitriles is 2. The quantitative estimate of drug-likeness (QED) is 0.830. The van der Waals surface area contributed by atoms with Crippen molar-refractivity contribution < 1.29 is 13.9 Å². The van der Waals surface area contributed by atoms with E-state index in [2.05, 4.69) is 5.32 Å². The van der Waals surface area contributed by atoms with Gasteiger partial charge in [-0.2, -0.15) is 10.5 Å². The van der Waals surface area contributed by atoms with Gasteiger partial charge in [-0.1, -0.05) is 12.1 Å². The first-order valence-electron chi connectivity index (χ1n) is 5.44. The molecular formula is C13H9N3O3. The number of carbonyl (C=O) groups excluding carboxylic acids is 1. The fourth-order valence-corrected chi connectivity index (χ4v) is 1.57. The van der Waals surface area contributed by atoms with Crippen molar-refractivity contribution in [3.05, 3.63) is 30.0 Å². The van der Waals surface area contributed by atoms with Crippen molar-refractivity contribution in [3.8, 4) is 17.9 Å². The maximum atomic E-state index is 11.3. The summed E-state index contributed by atoms with van der Waals surface area (Å²) in [5, 5.41) is 20.3. The Hall–Kier alpha value is -2.99. The van der Waals surface area contributed by atoms with Gasteiger partial charge in [0.25, 0.3) is 5.91 Å². The minimum Gasteiger partial charge on any atom is -0.478 e. The second kappa shape index (κ2) is 5.56. The van der Waals surface area contributed by atoms with Crippen LogP contribution in [0.5, 0.6) is 5.75 Å². The lowest BCUT2D eigenvalue weighted by Gasteiger charge is -2.03. The Kier molecular flexibility index (Phi) is 3.65. The van der Waals surface area contributed by atoms with Gasteiger partial charge in [0.15, 0.2) is 12.4 Å². The Labute approximate surface area is 108 Å². The second-order valence-electron chi connectivity index (χ2n) is 3.59. The van der Waals surface area contributed by atoms with Crippen LogP contribution in [0.2, 0.25) is 0 Å². The van der Waals surface area contributed by atoms with Crippen LogP contribution in [0.15, 0.2) is 28.7 Å². The highest BCUT2D eigenvalue weighted by atomic mass is 16.5. The van der Waals surface area contributed by atoms with E-state index >= 15 is 0 Å². The highest BCUT2D eigenvalue weighted by Gasteiger charge is 2.16. The summed E-state index contributed by atoms with van der Waals surface area (Å²) in [4.78, 5) is 11.3. The average Bonchev–Trinajstić information content (AvgIpc) is 2.80. The highest BCUT2D eigenvalue weighted by Crippen LogP contribution is 2.32. The van der Waals surface area contributed by atoms with Crippen molar-refractivity contribution >= 4 is 16.9 Å². The molecule has 1 aromatic carbocycles. The van der Waals surface area contributed by atoms with Gasteiger partial charge in [0, 0.05) is 0 Å². The number of carbonyl (C=O) groups is 1. The van der Waals surface area contributed by atoms with E-state index < -0.39 is 5.91 Å². The first-order valence-corrected chi connectivity index (χ1v) is 5.44. The molecule has 0 saturated heterocycles. The second-order valence-corrected chi connectivity index (χ2v) is 3.59. The van der Waals surface area contributed by atoms with Gasteiger partial charge in [-0.15, -0.1) is 0 Å². The molecule has 0 atom stereocenters. The smallest absolute Gasteiger partial charge is 0.258 e. The number of fused-ring (bicyclic) bond motifs is 1. The largest absolute Gasteiger partial charge is 0.478 e. The van der Waals surface area contributed by atoms with E-state index in [9.17, 15) is 4.79 Å². The third-order valence-corrected chi connectivity index (χ3v) is 2.36. The van der Waals surface area contributed by atoms with Crippen LogP contribution in [-0.4, -0.2) is 19.1 Å². The molecule has 6 heteroatoms. The Bertz CT molecular complexity index is 691. The molecule has 6 nitrogen and oxygen atoms in total. The summed E-state index contributed by atoms with van der Waals surface area (Å²) in [6, 6.07) is 10.7. The Morgan fingerprint density at radius 2 is 2.16 bits per heavy atom. The van der Waals surface area contributed by atoms with Gasteiger partial charge in [0.05, 0.1) is 11.5 Å². The first-order chi connectivity index (χ1) is 9.26. The van der Waals surface area contributed by atoms with E-state index in [4.69, 9.17) is 19.7 Å². The number of hydrogen-bond acceptors (Lipinski definition) is 5. The Morgan fingerprint density at radius 3 is 2.89 bits per heavy atom. The number of benzene rings is 1. The molecule has 2 rings (SSSR count). The predicted octanol–water partition coefficient (Wildman–Crippen LogP) is 1.32. The molecular weight excluding hydrogens is 246 g/mol. The first kappa shape index (κ1) is 12.5. The average molecular weight is 255 g/mol. The van der Waals surface area contributed by atoms with E-state index in [0.29, 0.717) is 11.0 Å². The molecule has 94 valence electrons. The SMILES string of the molecule is N#CCNC(=O)COc1c(C#N)oc2ccccc12. The molecule has 0 fully saturated rings. The number of ether oxygens (including phenoxy) is 1. The Morgan fingerprint density at radius 1 is 1.37 bits per heavy atom. The molecule has 0 bridgehead atoms. The lowest BCUT2D eigenvalue weighted by atomic mass is 10.2. The molecule has 1 amide bonds. The fraction of sp³-hybridized carbons (Fsp3) is 0.154. The molecule has 0 aliphatic carbocycles. The van der Waals surface area contributed by atoms with Crippen LogP contribution in [-0.2, 0) is 4.79 Å². The molecule has 0 aliphatic heterocycles. The molecule has 2 aromatic rings. The van der Waals surface area contributed by atoms with Crippen LogP contribution < -0.4 is 10.1 Å². The van der Waals surface area contributed by atoms with Gasteiger partial charge < -0.3 is 14.5 Å². The number of furan rings is 1. The van der Waals surface area contributed by atoms with E-state index in [1.807, 2.05) is 6.07 Å². The molecule has 0 unspecified atom stereocenters. The fourth-order valence-electron chi connectivity index (χ4n) is 1.57. The van der Waals surface area contributed by atoms with Crippen LogP contribution in [0.4, 0.5) is 0 Å². The molecule has 0 radical (unpaired) electrons. The number of nitrogens with zero attached hydrogens (tertiary/aromatic N) is 2. The van der Waals surface area contributed by atoms with Gasteiger partial charge in [-0.3, -0.25) is 4.79 Å². The van der Waals surface area contributed by atoms with Crippen LogP contribution in [0, 0.1) is 22.7 Å². The number of hydrogen-bond donors (Lipinski definition) is 1. The maximum Gasteiger partial charge on any atom is 0.258 e. The van der Waals surface area contributed by atoms with Crippen LogP contribution in [0.3, 0.4) is 0 Å².